The van der Waals surface area contributed by atoms with E-state index in [1.165, 1.54) is 0 Å². The Balaban J connectivity index is 2.44. The highest BCUT2D eigenvalue weighted by molar-refractivity contribution is 5.83. The van der Waals surface area contributed by atoms with Gasteiger partial charge in [-0.2, -0.15) is 0 Å². The van der Waals surface area contributed by atoms with Crippen LogP contribution in [0.5, 0.6) is 0 Å². The minimum atomic E-state index is -1.45. The molecule has 18 heavy (non-hydrogen) atoms. The molecule has 1 heterocycles. The second-order valence-corrected chi connectivity index (χ2v) is 3.59. The van der Waals surface area contributed by atoms with E-state index in [0.717, 1.165) is 16.2 Å². The largest absolute Gasteiger partial charge is 0.475 e. The van der Waals surface area contributed by atoms with E-state index in [9.17, 15) is 14.4 Å². The molecule has 2 aromatic rings. The van der Waals surface area contributed by atoms with E-state index >= 15 is 0 Å². The third-order valence-electron chi connectivity index (χ3n) is 2.33. The van der Waals surface area contributed by atoms with Gasteiger partial charge in [0.25, 0.3) is 5.56 Å². The summed E-state index contributed by atoms with van der Waals surface area (Å²) < 4.78 is 5.37. The number of nitrogens with zero attached hydrogens (tertiary/aromatic N) is 1. The smallest absolute Gasteiger partial charge is 0.422 e. The normalized spacial score (nSPS) is 10.2. The lowest BCUT2D eigenvalue weighted by molar-refractivity contribution is 0.0653. The van der Waals surface area contributed by atoms with E-state index < -0.39 is 23.0 Å². The van der Waals surface area contributed by atoms with Gasteiger partial charge in [0.2, 0.25) is 5.76 Å². The Bertz CT molecular complexity index is 652. The van der Waals surface area contributed by atoms with Crippen LogP contribution in [0.2, 0.25) is 0 Å². The minimum Gasteiger partial charge on any atom is -0.475 e. The fraction of sp³-hybridized carbons (Fsp3) is 0.0833. The monoisotopic (exact) mass is 247 g/mol. The number of aromatic nitrogens is 1. The number of carboxylic acid groups (broad SMARTS) is 1. The van der Waals surface area contributed by atoms with E-state index in [2.05, 4.69) is 4.42 Å². The van der Waals surface area contributed by atoms with Gasteiger partial charge in [-0.1, -0.05) is 30.3 Å². The quantitative estimate of drug-likeness (QED) is 0.855. The van der Waals surface area contributed by atoms with E-state index in [-0.39, 0.29) is 6.54 Å². The van der Waals surface area contributed by atoms with Gasteiger partial charge in [-0.05, 0) is 5.56 Å². The molecule has 0 saturated carbocycles. The van der Waals surface area contributed by atoms with Gasteiger partial charge in [0, 0.05) is 0 Å². The second kappa shape index (κ2) is 4.70. The van der Waals surface area contributed by atoms with Gasteiger partial charge in [0.05, 0.1) is 12.6 Å². The summed E-state index contributed by atoms with van der Waals surface area (Å²) in [6.07, 6.45) is 0. The number of hydrogen-bond donors (Lipinski definition) is 1. The summed E-state index contributed by atoms with van der Waals surface area (Å²) in [5.41, 5.74) is 0.0440. The minimum absolute atomic E-state index is 0.0436. The molecule has 0 saturated heterocycles. The highest BCUT2D eigenvalue weighted by Crippen LogP contribution is 1.99. The molecule has 6 heteroatoms. The van der Waals surface area contributed by atoms with Crippen molar-refractivity contribution in [2.45, 2.75) is 6.54 Å². The average molecular weight is 247 g/mol. The Labute approximate surface area is 101 Å². The molecule has 0 aliphatic carbocycles. The first-order chi connectivity index (χ1) is 8.58. The SMILES string of the molecule is O=C(O)c1cc(=O)n(Cc2ccccc2)c(=O)o1. The molecule has 1 N–H and O–H groups in total. The molecule has 0 fully saturated rings. The highest BCUT2D eigenvalue weighted by atomic mass is 16.4. The summed E-state index contributed by atoms with van der Waals surface area (Å²) in [5, 5.41) is 8.63. The maximum absolute atomic E-state index is 11.6. The van der Waals surface area contributed by atoms with Crippen molar-refractivity contribution in [2.75, 3.05) is 0 Å². The summed E-state index contributed by atoms with van der Waals surface area (Å²) in [4.78, 5) is 33.7. The Kier molecular flexibility index (Phi) is 3.09. The zero-order valence-corrected chi connectivity index (χ0v) is 9.20. The van der Waals surface area contributed by atoms with Crippen molar-refractivity contribution < 1.29 is 14.3 Å². The molecule has 92 valence electrons. The number of hydrogen-bond acceptors (Lipinski definition) is 4. The molecule has 6 nitrogen and oxygen atoms in total. The Morgan fingerprint density at radius 2 is 1.89 bits per heavy atom. The van der Waals surface area contributed by atoms with Crippen LogP contribution >= 0.6 is 0 Å². The van der Waals surface area contributed by atoms with Gasteiger partial charge < -0.3 is 9.52 Å². The van der Waals surface area contributed by atoms with Crippen LogP contribution in [0.1, 0.15) is 16.1 Å². The fourth-order valence-electron chi connectivity index (χ4n) is 1.47. The predicted octanol–water partition coefficient (Wildman–Crippen LogP) is 0.548. The molecule has 0 bridgehead atoms. The molecule has 0 spiro atoms. The van der Waals surface area contributed by atoms with Crippen LogP contribution in [-0.4, -0.2) is 15.6 Å². The van der Waals surface area contributed by atoms with E-state index in [1.807, 2.05) is 6.07 Å². The Hall–Kier alpha value is -2.63. The lowest BCUT2D eigenvalue weighted by Crippen LogP contribution is -2.33. The van der Waals surface area contributed by atoms with Gasteiger partial charge in [0.15, 0.2) is 0 Å². The number of rotatable bonds is 3. The van der Waals surface area contributed by atoms with Crippen LogP contribution in [-0.2, 0) is 6.54 Å². The second-order valence-electron chi connectivity index (χ2n) is 3.59. The van der Waals surface area contributed by atoms with Crippen molar-refractivity contribution in [3.8, 4) is 0 Å². The summed E-state index contributed by atoms with van der Waals surface area (Å²) >= 11 is 0. The molecule has 0 amide bonds. The lowest BCUT2D eigenvalue weighted by atomic mass is 10.2. The average Bonchev–Trinajstić information content (AvgIpc) is 2.34. The lowest BCUT2D eigenvalue weighted by Gasteiger charge is -2.03. The molecule has 2 rings (SSSR count). The Morgan fingerprint density at radius 3 is 2.44 bits per heavy atom. The van der Waals surface area contributed by atoms with Gasteiger partial charge in [-0.15, -0.1) is 0 Å². The topological polar surface area (TPSA) is 89.5 Å². The number of aromatic carboxylic acids is 1. The van der Waals surface area contributed by atoms with Gasteiger partial charge in [-0.3, -0.25) is 4.79 Å². The first-order valence-corrected chi connectivity index (χ1v) is 5.10. The molecule has 1 aromatic heterocycles. The standard InChI is InChI=1S/C12H9NO5/c14-10-6-9(11(15)16)18-12(17)13(10)7-8-4-2-1-3-5-8/h1-6H,7H2,(H,15,16). The first-order valence-electron chi connectivity index (χ1n) is 5.10. The molecule has 0 aliphatic heterocycles. The van der Waals surface area contributed by atoms with Crippen molar-refractivity contribution in [3.05, 3.63) is 68.6 Å². The van der Waals surface area contributed by atoms with Crippen molar-refractivity contribution in [1.82, 2.24) is 4.57 Å². The van der Waals surface area contributed by atoms with E-state index in [4.69, 9.17) is 5.11 Å². The number of benzene rings is 1. The first kappa shape index (κ1) is 11.8. The van der Waals surface area contributed by atoms with Gasteiger partial charge in [0.1, 0.15) is 0 Å². The molecule has 0 aliphatic rings. The zero-order valence-electron chi connectivity index (χ0n) is 9.20. The van der Waals surface area contributed by atoms with Gasteiger partial charge in [-0.25, -0.2) is 14.2 Å². The number of carboxylic acids is 1. The molecule has 0 radical (unpaired) electrons. The molecule has 0 unspecified atom stereocenters. The van der Waals surface area contributed by atoms with Crippen LogP contribution in [0.3, 0.4) is 0 Å². The fourth-order valence-corrected chi connectivity index (χ4v) is 1.47. The molecule has 1 aromatic carbocycles. The van der Waals surface area contributed by atoms with Crippen molar-refractivity contribution >= 4 is 5.97 Å². The third kappa shape index (κ3) is 2.37. The summed E-state index contributed by atoms with van der Waals surface area (Å²) in [6.45, 7) is 0.0436. The zero-order chi connectivity index (χ0) is 13.1. The van der Waals surface area contributed by atoms with Crippen LogP contribution in [0.15, 0.2) is 50.4 Å². The van der Waals surface area contributed by atoms with Crippen LogP contribution in [0.4, 0.5) is 0 Å². The maximum atomic E-state index is 11.6. The van der Waals surface area contributed by atoms with Crippen LogP contribution < -0.4 is 11.3 Å². The predicted molar refractivity (Wildman–Crippen MR) is 61.7 cm³/mol. The van der Waals surface area contributed by atoms with Crippen LogP contribution in [0, 0.1) is 0 Å². The van der Waals surface area contributed by atoms with Crippen molar-refractivity contribution in [1.29, 1.82) is 0 Å². The van der Waals surface area contributed by atoms with E-state index in [1.54, 1.807) is 24.3 Å². The van der Waals surface area contributed by atoms with Crippen molar-refractivity contribution in [2.24, 2.45) is 0 Å². The molecular formula is C12H9NO5. The highest BCUT2D eigenvalue weighted by Gasteiger charge is 2.12. The summed E-state index contributed by atoms with van der Waals surface area (Å²) in [5.74, 6) is -3.09. The third-order valence-corrected chi connectivity index (χ3v) is 2.33. The van der Waals surface area contributed by atoms with Gasteiger partial charge >= 0.3 is 11.7 Å². The molecular weight excluding hydrogens is 238 g/mol. The summed E-state index contributed by atoms with van der Waals surface area (Å²) in [7, 11) is 0. The van der Waals surface area contributed by atoms with Crippen molar-refractivity contribution in [3.63, 3.8) is 0 Å². The number of carbonyl (C=O) groups is 1. The van der Waals surface area contributed by atoms with E-state index in [0.29, 0.717) is 0 Å². The maximum Gasteiger partial charge on any atom is 0.422 e. The summed E-state index contributed by atoms with van der Waals surface area (Å²) in [6, 6.07) is 9.63. The van der Waals surface area contributed by atoms with Crippen LogP contribution in [0.25, 0.3) is 0 Å². The Morgan fingerprint density at radius 1 is 1.22 bits per heavy atom. The molecule has 0 atom stereocenters.